The van der Waals surface area contributed by atoms with Gasteiger partial charge in [-0.3, -0.25) is 4.79 Å². The summed E-state index contributed by atoms with van der Waals surface area (Å²) >= 11 is 0. The van der Waals surface area contributed by atoms with E-state index in [4.69, 9.17) is 0 Å². The number of hydrogen-bond acceptors (Lipinski definition) is 3. The molecule has 6 heteroatoms. The van der Waals surface area contributed by atoms with Crippen LogP contribution in [0.3, 0.4) is 0 Å². The highest BCUT2D eigenvalue weighted by molar-refractivity contribution is 7.88. The fourth-order valence-corrected chi connectivity index (χ4v) is 4.19. The van der Waals surface area contributed by atoms with Gasteiger partial charge in [0.15, 0.2) is 0 Å². The van der Waals surface area contributed by atoms with Crippen molar-refractivity contribution >= 4 is 15.9 Å². The van der Waals surface area contributed by atoms with Crippen molar-refractivity contribution in [2.45, 2.75) is 26.4 Å². The average Bonchev–Trinajstić information content (AvgIpc) is 2.74. The van der Waals surface area contributed by atoms with Gasteiger partial charge in [-0.1, -0.05) is 84.4 Å². The van der Waals surface area contributed by atoms with E-state index < -0.39 is 10.0 Å². The maximum absolute atomic E-state index is 13.0. The number of carbonyl (C=O) groups excluding carboxylic acids is 1. The van der Waals surface area contributed by atoms with Gasteiger partial charge in [0.05, 0.1) is 18.8 Å². The summed E-state index contributed by atoms with van der Waals surface area (Å²) in [6, 6.07) is 24.8. The van der Waals surface area contributed by atoms with E-state index in [0.717, 1.165) is 34.1 Å². The minimum absolute atomic E-state index is 0.146. The SMILES string of the molecule is Cc1ccc(CN(CC(=O)N[C@@H](c2ccccc2)c2ccccc2C)S(C)(=O)=O)cc1. The Morgan fingerprint density at radius 1 is 0.903 bits per heavy atom. The number of nitrogens with one attached hydrogen (secondary N) is 1. The molecule has 1 N–H and O–H groups in total. The van der Waals surface area contributed by atoms with Crippen LogP contribution in [0.15, 0.2) is 78.9 Å². The molecule has 1 amide bonds. The minimum Gasteiger partial charge on any atom is -0.344 e. The summed E-state index contributed by atoms with van der Waals surface area (Å²) in [5.41, 5.74) is 4.90. The monoisotopic (exact) mass is 436 g/mol. The van der Waals surface area contributed by atoms with E-state index in [1.54, 1.807) is 0 Å². The number of rotatable bonds is 8. The van der Waals surface area contributed by atoms with Crippen molar-refractivity contribution in [3.05, 3.63) is 107 Å². The molecular weight excluding hydrogens is 408 g/mol. The third-order valence-corrected chi connectivity index (χ3v) is 6.40. The van der Waals surface area contributed by atoms with Crippen LogP contribution in [-0.2, 0) is 21.4 Å². The van der Waals surface area contributed by atoms with Gasteiger partial charge in [-0.15, -0.1) is 0 Å². The molecule has 0 unspecified atom stereocenters. The van der Waals surface area contributed by atoms with E-state index >= 15 is 0 Å². The van der Waals surface area contributed by atoms with E-state index in [2.05, 4.69) is 5.32 Å². The molecule has 0 bridgehead atoms. The first-order valence-corrected chi connectivity index (χ1v) is 12.0. The van der Waals surface area contributed by atoms with Crippen molar-refractivity contribution in [1.29, 1.82) is 0 Å². The molecule has 0 spiro atoms. The van der Waals surface area contributed by atoms with Crippen LogP contribution in [0.5, 0.6) is 0 Å². The number of sulfonamides is 1. The van der Waals surface area contributed by atoms with Crippen molar-refractivity contribution in [3.63, 3.8) is 0 Å². The maximum Gasteiger partial charge on any atom is 0.236 e. The number of amides is 1. The first-order chi connectivity index (χ1) is 14.7. The predicted octanol–water partition coefficient (Wildman–Crippen LogP) is 3.97. The summed E-state index contributed by atoms with van der Waals surface area (Å²) in [6.07, 6.45) is 1.13. The number of nitrogens with zero attached hydrogens (tertiary/aromatic N) is 1. The lowest BCUT2D eigenvalue weighted by Crippen LogP contribution is -2.41. The molecule has 0 aliphatic rings. The molecule has 3 aromatic carbocycles. The second kappa shape index (κ2) is 9.90. The number of aryl methyl sites for hydroxylation is 2. The molecule has 3 aromatic rings. The van der Waals surface area contributed by atoms with Crippen LogP contribution in [0.4, 0.5) is 0 Å². The van der Waals surface area contributed by atoms with Gasteiger partial charge in [-0.05, 0) is 36.1 Å². The Morgan fingerprint density at radius 2 is 1.52 bits per heavy atom. The Bertz CT molecular complexity index is 1130. The van der Waals surface area contributed by atoms with Crippen molar-refractivity contribution in [2.24, 2.45) is 0 Å². The zero-order valence-electron chi connectivity index (χ0n) is 18.1. The summed E-state index contributed by atoms with van der Waals surface area (Å²) in [6.45, 7) is 3.87. The molecular formula is C25H28N2O3S. The Labute approximate surface area is 184 Å². The van der Waals surface area contributed by atoms with Crippen LogP contribution >= 0.6 is 0 Å². The highest BCUT2D eigenvalue weighted by Crippen LogP contribution is 2.25. The standard InChI is InChI=1S/C25H28N2O3S/c1-19-13-15-21(16-14-19)17-27(31(3,29)30)18-24(28)26-25(22-10-5-4-6-11-22)23-12-8-7-9-20(23)2/h4-16,25H,17-18H2,1-3H3,(H,26,28)/t25-/m0/s1. The van der Waals surface area contributed by atoms with Gasteiger partial charge in [-0.2, -0.15) is 4.31 Å². The quantitative estimate of drug-likeness (QED) is 0.581. The lowest BCUT2D eigenvalue weighted by molar-refractivity contribution is -0.121. The molecule has 1 atom stereocenters. The maximum atomic E-state index is 13.0. The number of hydrogen-bond donors (Lipinski definition) is 1. The third kappa shape index (κ3) is 6.26. The molecule has 0 aromatic heterocycles. The largest absolute Gasteiger partial charge is 0.344 e. The van der Waals surface area contributed by atoms with Crippen molar-refractivity contribution in [3.8, 4) is 0 Å². The summed E-state index contributed by atoms with van der Waals surface area (Å²) in [5, 5.41) is 3.04. The van der Waals surface area contributed by atoms with Gasteiger partial charge in [0, 0.05) is 6.54 Å². The summed E-state index contributed by atoms with van der Waals surface area (Å²) in [4.78, 5) is 13.0. The normalized spacial score (nSPS) is 12.5. The Balaban J connectivity index is 1.83. The first kappa shape index (κ1) is 22.7. The fourth-order valence-electron chi connectivity index (χ4n) is 3.45. The van der Waals surface area contributed by atoms with Crippen LogP contribution in [0.1, 0.15) is 33.9 Å². The highest BCUT2D eigenvalue weighted by Gasteiger charge is 2.24. The molecule has 3 rings (SSSR count). The molecule has 162 valence electrons. The third-order valence-electron chi connectivity index (χ3n) is 5.21. The van der Waals surface area contributed by atoms with E-state index in [9.17, 15) is 13.2 Å². The molecule has 0 fully saturated rings. The van der Waals surface area contributed by atoms with Crippen LogP contribution in [-0.4, -0.2) is 31.4 Å². The van der Waals surface area contributed by atoms with E-state index in [0.29, 0.717) is 0 Å². The zero-order valence-corrected chi connectivity index (χ0v) is 18.9. The van der Waals surface area contributed by atoms with E-state index in [-0.39, 0.29) is 25.0 Å². The Hall–Kier alpha value is -2.96. The Morgan fingerprint density at radius 3 is 2.13 bits per heavy atom. The molecule has 0 radical (unpaired) electrons. The van der Waals surface area contributed by atoms with Gasteiger partial charge in [-0.25, -0.2) is 8.42 Å². The molecule has 0 aliphatic carbocycles. The van der Waals surface area contributed by atoms with E-state index in [1.165, 1.54) is 4.31 Å². The number of benzene rings is 3. The average molecular weight is 437 g/mol. The predicted molar refractivity (Wildman–Crippen MR) is 124 cm³/mol. The van der Waals surface area contributed by atoms with E-state index in [1.807, 2.05) is 92.7 Å². The van der Waals surface area contributed by atoms with Crippen molar-refractivity contribution < 1.29 is 13.2 Å². The summed E-state index contributed by atoms with van der Waals surface area (Å²) in [7, 11) is -3.57. The lowest BCUT2D eigenvalue weighted by Gasteiger charge is -2.24. The number of carbonyl (C=O) groups is 1. The molecule has 0 aliphatic heterocycles. The van der Waals surface area contributed by atoms with Gasteiger partial charge in [0.1, 0.15) is 0 Å². The molecule has 5 nitrogen and oxygen atoms in total. The van der Waals surface area contributed by atoms with Crippen LogP contribution < -0.4 is 5.32 Å². The zero-order chi connectivity index (χ0) is 22.4. The molecule has 0 saturated carbocycles. The highest BCUT2D eigenvalue weighted by atomic mass is 32.2. The van der Waals surface area contributed by atoms with Crippen LogP contribution in [0.2, 0.25) is 0 Å². The van der Waals surface area contributed by atoms with Crippen molar-refractivity contribution in [2.75, 3.05) is 12.8 Å². The van der Waals surface area contributed by atoms with Crippen LogP contribution in [0.25, 0.3) is 0 Å². The first-order valence-electron chi connectivity index (χ1n) is 10.1. The second-order valence-electron chi connectivity index (χ2n) is 7.78. The van der Waals surface area contributed by atoms with Gasteiger partial charge in [0.25, 0.3) is 0 Å². The smallest absolute Gasteiger partial charge is 0.236 e. The summed E-state index contributed by atoms with van der Waals surface area (Å²) < 4.78 is 25.9. The molecule has 0 saturated heterocycles. The fraction of sp³-hybridized carbons (Fsp3) is 0.240. The molecule has 31 heavy (non-hydrogen) atoms. The molecule has 0 heterocycles. The van der Waals surface area contributed by atoms with Crippen molar-refractivity contribution in [1.82, 2.24) is 9.62 Å². The van der Waals surface area contributed by atoms with Gasteiger partial charge >= 0.3 is 0 Å². The summed E-state index contributed by atoms with van der Waals surface area (Å²) in [5.74, 6) is -0.352. The van der Waals surface area contributed by atoms with Gasteiger partial charge < -0.3 is 5.32 Å². The van der Waals surface area contributed by atoms with Gasteiger partial charge in [0.2, 0.25) is 15.9 Å². The minimum atomic E-state index is -3.57. The Kier molecular flexibility index (Phi) is 7.25. The second-order valence-corrected chi connectivity index (χ2v) is 9.77. The topological polar surface area (TPSA) is 66.5 Å². The van der Waals surface area contributed by atoms with Crippen LogP contribution in [0, 0.1) is 13.8 Å². The lowest BCUT2D eigenvalue weighted by atomic mass is 9.95.